The molecule has 0 unspecified atom stereocenters. The van der Waals surface area contributed by atoms with Gasteiger partial charge < -0.3 is 30.6 Å². The van der Waals surface area contributed by atoms with Crippen molar-refractivity contribution in [2.24, 2.45) is 0 Å². The molecule has 3 aliphatic carbocycles. The molecule has 6 N–H and O–H groups in total. The molecule has 0 spiro atoms. The Bertz CT molecular complexity index is 1130. The van der Waals surface area contributed by atoms with Gasteiger partial charge in [0.25, 0.3) is 0 Å². The van der Waals surface area contributed by atoms with E-state index in [1.165, 1.54) is 30.3 Å². The van der Waals surface area contributed by atoms with Crippen molar-refractivity contribution in [3.05, 3.63) is 69.8 Å². The van der Waals surface area contributed by atoms with Crippen LogP contribution in [0.4, 0.5) is 0 Å². The summed E-state index contributed by atoms with van der Waals surface area (Å²) in [6, 6.07) is 8.56. The van der Waals surface area contributed by atoms with E-state index in [1.54, 1.807) is 6.07 Å². The van der Waals surface area contributed by atoms with Gasteiger partial charge in [-0.2, -0.15) is 0 Å². The molecule has 3 aliphatic rings. The van der Waals surface area contributed by atoms with Crippen molar-refractivity contribution in [1.29, 1.82) is 0 Å². The van der Waals surface area contributed by atoms with E-state index in [1.807, 2.05) is 0 Å². The van der Waals surface area contributed by atoms with E-state index in [2.05, 4.69) is 0 Å². The van der Waals surface area contributed by atoms with Crippen LogP contribution in [0, 0.1) is 0 Å². The van der Waals surface area contributed by atoms with Crippen molar-refractivity contribution in [3.63, 3.8) is 0 Å². The maximum absolute atomic E-state index is 10.6. The zero-order valence-corrected chi connectivity index (χ0v) is 14.0. The largest absolute Gasteiger partial charge is 0.508 e. The van der Waals surface area contributed by atoms with Crippen LogP contribution < -0.4 is 0 Å². The fourth-order valence-electron chi connectivity index (χ4n) is 4.62. The van der Waals surface area contributed by atoms with Gasteiger partial charge in [-0.1, -0.05) is 0 Å². The molecule has 0 fully saturated rings. The van der Waals surface area contributed by atoms with Crippen LogP contribution in [-0.2, 0) is 6.42 Å². The predicted molar refractivity (Wildman–Crippen MR) is 95.8 cm³/mol. The maximum atomic E-state index is 10.6. The number of phenolic OH excluding ortho intramolecular Hbond substituents is 6. The second-order valence-corrected chi connectivity index (χ2v) is 7.16. The third-order valence-corrected chi connectivity index (χ3v) is 5.67. The lowest BCUT2D eigenvalue weighted by atomic mass is 9.72. The average Bonchev–Trinajstić information content (AvgIpc) is 2.80. The molecule has 2 bridgehead atoms. The summed E-state index contributed by atoms with van der Waals surface area (Å²) in [4.78, 5) is 0. The highest BCUT2D eigenvalue weighted by Gasteiger charge is 2.41. The molecule has 3 aromatic rings. The molecule has 2 atom stereocenters. The van der Waals surface area contributed by atoms with Crippen LogP contribution in [0.15, 0.2) is 36.4 Å². The first-order valence-corrected chi connectivity index (χ1v) is 8.51. The zero-order chi connectivity index (χ0) is 19.0. The van der Waals surface area contributed by atoms with Crippen LogP contribution in [0.2, 0.25) is 0 Å². The number of benzene rings is 3. The lowest BCUT2D eigenvalue weighted by molar-refractivity contribution is 0.401. The Kier molecular flexibility index (Phi) is 2.91. The van der Waals surface area contributed by atoms with E-state index in [4.69, 9.17) is 0 Å². The highest BCUT2D eigenvalue weighted by molar-refractivity contribution is 5.69. The summed E-state index contributed by atoms with van der Waals surface area (Å²) in [5, 5.41) is 61.2. The van der Waals surface area contributed by atoms with Gasteiger partial charge in [-0.15, -0.1) is 0 Å². The molecule has 0 saturated heterocycles. The first kappa shape index (κ1) is 15.7. The molecule has 6 nitrogen and oxygen atoms in total. The Labute approximate surface area is 153 Å². The summed E-state index contributed by atoms with van der Waals surface area (Å²) in [6.07, 6.45) is 0.352. The van der Waals surface area contributed by atoms with Gasteiger partial charge in [0.2, 0.25) is 0 Å². The van der Waals surface area contributed by atoms with Crippen LogP contribution in [0.25, 0.3) is 0 Å². The van der Waals surface area contributed by atoms with Gasteiger partial charge in [0, 0.05) is 29.5 Å². The number of hydrogen-bond acceptors (Lipinski definition) is 6. The van der Waals surface area contributed by atoms with Gasteiger partial charge in [-0.3, -0.25) is 0 Å². The van der Waals surface area contributed by atoms with Crippen LogP contribution >= 0.6 is 0 Å². The molecular weight excluding hydrogens is 348 g/mol. The topological polar surface area (TPSA) is 121 Å². The second-order valence-electron chi connectivity index (χ2n) is 7.16. The van der Waals surface area contributed by atoms with Crippen molar-refractivity contribution in [1.82, 2.24) is 0 Å². The minimum atomic E-state index is -0.575. The van der Waals surface area contributed by atoms with Crippen LogP contribution in [0.5, 0.6) is 34.5 Å². The highest BCUT2D eigenvalue weighted by atomic mass is 16.3. The monoisotopic (exact) mass is 364 g/mol. The highest BCUT2D eigenvalue weighted by Crippen LogP contribution is 2.57. The van der Waals surface area contributed by atoms with Crippen molar-refractivity contribution in [2.45, 2.75) is 18.3 Å². The minimum absolute atomic E-state index is 0.0576. The molecule has 0 amide bonds. The SMILES string of the molecule is Oc1cc(O)c2c(c1)[C@@H]1Cc3c(O)cc(O)cc3[C@H]2c2cc(O)c(O)cc21. The molecule has 27 heavy (non-hydrogen) atoms. The van der Waals surface area contributed by atoms with Gasteiger partial charge in [0.05, 0.1) is 0 Å². The molecule has 0 radical (unpaired) electrons. The van der Waals surface area contributed by atoms with E-state index >= 15 is 0 Å². The third-order valence-electron chi connectivity index (χ3n) is 5.67. The standard InChI is InChI=1S/C21H16O6/c22-8-2-14-12(16(24)3-8)5-10-11-6-17(25)18(26)7-15(11)20(14)21-13(10)1-9(23)4-19(21)27/h1-4,6-7,10,20,22-27H,5H2/t10-,20+/m1/s1. The smallest absolute Gasteiger partial charge is 0.157 e. The summed E-state index contributed by atoms with van der Waals surface area (Å²) in [7, 11) is 0. The zero-order valence-electron chi connectivity index (χ0n) is 14.0. The van der Waals surface area contributed by atoms with E-state index in [-0.39, 0.29) is 40.4 Å². The second kappa shape index (κ2) is 5.01. The fraction of sp³-hybridized carbons (Fsp3) is 0.143. The quantitative estimate of drug-likeness (QED) is 0.341. The minimum Gasteiger partial charge on any atom is -0.508 e. The summed E-state index contributed by atoms with van der Waals surface area (Å²) in [5.41, 5.74) is 3.88. The molecule has 0 aromatic heterocycles. The van der Waals surface area contributed by atoms with E-state index < -0.39 is 5.92 Å². The molecule has 6 heteroatoms. The maximum Gasteiger partial charge on any atom is 0.157 e. The summed E-state index contributed by atoms with van der Waals surface area (Å²) < 4.78 is 0. The summed E-state index contributed by atoms with van der Waals surface area (Å²) in [5.74, 6) is -1.83. The molecular formula is C21H16O6. The van der Waals surface area contributed by atoms with Crippen LogP contribution in [-0.4, -0.2) is 30.6 Å². The predicted octanol–water partition coefficient (Wildman–Crippen LogP) is 3.10. The van der Waals surface area contributed by atoms with Crippen molar-refractivity contribution < 1.29 is 30.6 Å². The molecule has 0 saturated carbocycles. The molecule has 3 aromatic carbocycles. The fourth-order valence-corrected chi connectivity index (χ4v) is 4.62. The first-order chi connectivity index (χ1) is 12.8. The third kappa shape index (κ3) is 2.01. The van der Waals surface area contributed by atoms with Gasteiger partial charge in [-0.05, 0) is 58.5 Å². The van der Waals surface area contributed by atoms with Gasteiger partial charge in [0.15, 0.2) is 11.5 Å². The molecule has 136 valence electrons. The lowest BCUT2D eigenvalue weighted by Gasteiger charge is -2.32. The van der Waals surface area contributed by atoms with Gasteiger partial charge >= 0.3 is 0 Å². The Morgan fingerprint density at radius 2 is 1.15 bits per heavy atom. The van der Waals surface area contributed by atoms with E-state index in [0.717, 1.165) is 5.56 Å². The molecule has 0 aliphatic heterocycles. The number of rotatable bonds is 0. The Balaban J connectivity index is 1.94. The lowest BCUT2D eigenvalue weighted by Crippen LogP contribution is -2.16. The molecule has 0 heterocycles. The van der Waals surface area contributed by atoms with Crippen molar-refractivity contribution in [2.75, 3.05) is 0 Å². The van der Waals surface area contributed by atoms with Crippen LogP contribution in [0.1, 0.15) is 45.2 Å². The van der Waals surface area contributed by atoms with Crippen LogP contribution in [0.3, 0.4) is 0 Å². The van der Waals surface area contributed by atoms with Gasteiger partial charge in [-0.25, -0.2) is 0 Å². The number of aromatic hydroxyl groups is 6. The van der Waals surface area contributed by atoms with Crippen molar-refractivity contribution >= 4 is 0 Å². The summed E-state index contributed by atoms with van der Waals surface area (Å²) >= 11 is 0. The number of phenols is 6. The Hall–Kier alpha value is -3.54. The average molecular weight is 364 g/mol. The number of hydrogen-bond donors (Lipinski definition) is 6. The normalized spacial score (nSPS) is 19.1. The van der Waals surface area contributed by atoms with E-state index in [9.17, 15) is 30.6 Å². The Morgan fingerprint density at radius 3 is 1.85 bits per heavy atom. The Morgan fingerprint density at radius 1 is 0.556 bits per heavy atom. The molecule has 6 rings (SSSR count). The summed E-state index contributed by atoms with van der Waals surface area (Å²) in [6.45, 7) is 0. The van der Waals surface area contributed by atoms with E-state index in [0.29, 0.717) is 34.2 Å². The first-order valence-electron chi connectivity index (χ1n) is 8.51. The van der Waals surface area contributed by atoms with Gasteiger partial charge in [0.1, 0.15) is 23.0 Å². The van der Waals surface area contributed by atoms with Crippen molar-refractivity contribution in [3.8, 4) is 34.5 Å².